The summed E-state index contributed by atoms with van der Waals surface area (Å²) in [5, 5.41) is 0. The van der Waals surface area contributed by atoms with Gasteiger partial charge in [-0.3, -0.25) is 4.79 Å². The molecule has 0 unspecified atom stereocenters. The molecule has 76 valence electrons. The predicted molar refractivity (Wildman–Crippen MR) is 43.8 cm³/mol. The second-order valence-corrected chi connectivity index (χ2v) is 2.84. The van der Waals surface area contributed by atoms with Crippen molar-refractivity contribution in [2.24, 2.45) is 5.73 Å². The summed E-state index contributed by atoms with van der Waals surface area (Å²) in [4.78, 5) is 10.4. The molecule has 1 rings (SSSR count). The average molecular weight is 203 g/mol. The van der Waals surface area contributed by atoms with E-state index < -0.39 is 23.4 Å². The van der Waals surface area contributed by atoms with Gasteiger partial charge in [-0.15, -0.1) is 0 Å². The third-order valence-corrected chi connectivity index (χ3v) is 1.70. The molecule has 2 nitrogen and oxygen atoms in total. The van der Waals surface area contributed by atoms with E-state index in [2.05, 4.69) is 0 Å². The number of aryl methyl sites for hydroxylation is 1. The lowest BCUT2D eigenvalue weighted by Gasteiger charge is -2.01. The molecule has 0 radical (unpaired) electrons. The third-order valence-electron chi connectivity index (χ3n) is 1.70. The lowest BCUT2D eigenvalue weighted by atomic mass is 10.1. The fourth-order valence-corrected chi connectivity index (χ4v) is 1.02. The van der Waals surface area contributed by atoms with Gasteiger partial charge in [0.2, 0.25) is 5.91 Å². The van der Waals surface area contributed by atoms with Crippen molar-refractivity contribution in [3.63, 3.8) is 0 Å². The topological polar surface area (TPSA) is 43.1 Å². The fraction of sp³-hybridized carbons (Fsp3) is 0.222. The summed E-state index contributed by atoms with van der Waals surface area (Å²) in [6.07, 6.45) is 0.0773. The number of halogens is 3. The number of nitrogens with two attached hydrogens (primary N) is 1. The Bertz CT molecular complexity index is 342. The molecule has 1 amide bonds. The molecule has 0 aliphatic carbocycles. The van der Waals surface area contributed by atoms with Crippen molar-refractivity contribution in [2.75, 3.05) is 0 Å². The van der Waals surface area contributed by atoms with Crippen LogP contribution < -0.4 is 5.73 Å². The maximum Gasteiger partial charge on any atom is 0.217 e. The third kappa shape index (κ3) is 2.48. The molecule has 14 heavy (non-hydrogen) atoms. The van der Waals surface area contributed by atoms with E-state index in [1.165, 1.54) is 0 Å². The van der Waals surface area contributed by atoms with Crippen molar-refractivity contribution in [1.29, 1.82) is 0 Å². The van der Waals surface area contributed by atoms with E-state index in [1.807, 2.05) is 0 Å². The predicted octanol–water partition coefficient (Wildman–Crippen LogP) is 1.52. The van der Waals surface area contributed by atoms with Gasteiger partial charge in [0.15, 0.2) is 17.5 Å². The Labute approximate surface area is 78.5 Å². The van der Waals surface area contributed by atoms with Gasteiger partial charge in [0.25, 0.3) is 0 Å². The number of rotatable bonds is 3. The normalized spacial score (nSPS) is 10.2. The Balaban J connectivity index is 2.84. The summed E-state index contributed by atoms with van der Waals surface area (Å²) in [5.74, 6) is -4.60. The van der Waals surface area contributed by atoms with Crippen molar-refractivity contribution in [3.05, 3.63) is 35.1 Å². The van der Waals surface area contributed by atoms with Crippen LogP contribution in [-0.2, 0) is 11.2 Å². The molecule has 0 aliphatic rings. The Kier molecular flexibility index (Phi) is 3.11. The van der Waals surface area contributed by atoms with E-state index in [4.69, 9.17) is 5.73 Å². The first-order valence-corrected chi connectivity index (χ1v) is 3.92. The van der Waals surface area contributed by atoms with E-state index >= 15 is 0 Å². The van der Waals surface area contributed by atoms with Crippen LogP contribution in [0.1, 0.15) is 12.0 Å². The Morgan fingerprint density at radius 3 is 2.14 bits per heavy atom. The van der Waals surface area contributed by atoms with Crippen molar-refractivity contribution in [2.45, 2.75) is 12.8 Å². The summed E-state index contributed by atoms with van der Waals surface area (Å²) in [7, 11) is 0. The van der Waals surface area contributed by atoms with E-state index in [0.29, 0.717) is 0 Å². The quantitative estimate of drug-likeness (QED) is 0.743. The smallest absolute Gasteiger partial charge is 0.217 e. The van der Waals surface area contributed by atoms with Crippen LogP contribution in [0, 0.1) is 17.5 Å². The first-order chi connectivity index (χ1) is 6.50. The van der Waals surface area contributed by atoms with Crippen molar-refractivity contribution >= 4 is 5.91 Å². The van der Waals surface area contributed by atoms with Gasteiger partial charge in [0.1, 0.15) is 0 Å². The summed E-state index contributed by atoms with van der Waals surface area (Å²) in [6, 6.07) is 1.70. The molecule has 0 heterocycles. The van der Waals surface area contributed by atoms with Crippen LogP contribution in [0.4, 0.5) is 13.2 Å². The lowest BCUT2D eigenvalue weighted by molar-refractivity contribution is -0.117. The molecule has 0 saturated carbocycles. The van der Waals surface area contributed by atoms with Gasteiger partial charge < -0.3 is 5.73 Å². The number of amides is 1. The maximum absolute atomic E-state index is 12.6. The number of benzene rings is 1. The standard InChI is InChI=1S/C9H8F3NO/c10-6-3-5(1-2-8(13)14)4-7(11)9(6)12/h3-4H,1-2H2,(H2,13,14). The minimum Gasteiger partial charge on any atom is -0.370 e. The SMILES string of the molecule is NC(=O)CCc1cc(F)c(F)c(F)c1. The summed E-state index contributed by atoms with van der Waals surface area (Å²) >= 11 is 0. The molecule has 0 spiro atoms. The van der Waals surface area contributed by atoms with E-state index in [9.17, 15) is 18.0 Å². The highest BCUT2D eigenvalue weighted by Gasteiger charge is 2.10. The van der Waals surface area contributed by atoms with Gasteiger partial charge in [-0.2, -0.15) is 0 Å². The molecule has 0 atom stereocenters. The molecule has 0 aliphatic heterocycles. The van der Waals surface area contributed by atoms with E-state index in [1.54, 1.807) is 0 Å². The minimum absolute atomic E-state index is 0.0233. The van der Waals surface area contributed by atoms with Crippen molar-refractivity contribution in [1.82, 2.24) is 0 Å². The average Bonchev–Trinajstić information content (AvgIpc) is 2.10. The minimum atomic E-state index is -1.51. The Morgan fingerprint density at radius 1 is 1.21 bits per heavy atom. The maximum atomic E-state index is 12.6. The molecule has 0 bridgehead atoms. The zero-order valence-electron chi connectivity index (χ0n) is 7.19. The summed E-state index contributed by atoms with van der Waals surface area (Å²) in [6.45, 7) is 0. The van der Waals surface area contributed by atoms with Crippen LogP contribution in [0.2, 0.25) is 0 Å². The first-order valence-electron chi connectivity index (χ1n) is 3.92. The molecule has 0 saturated heterocycles. The molecule has 1 aromatic carbocycles. The van der Waals surface area contributed by atoms with Crippen LogP contribution in [-0.4, -0.2) is 5.91 Å². The van der Waals surface area contributed by atoms with E-state index in [0.717, 1.165) is 12.1 Å². The van der Waals surface area contributed by atoms with Crippen LogP contribution in [0.5, 0.6) is 0 Å². The van der Waals surface area contributed by atoms with Crippen LogP contribution in [0.15, 0.2) is 12.1 Å². The van der Waals surface area contributed by atoms with Crippen LogP contribution in [0.3, 0.4) is 0 Å². The van der Waals surface area contributed by atoms with Gasteiger partial charge in [-0.25, -0.2) is 13.2 Å². The molecular formula is C9H8F3NO. The lowest BCUT2D eigenvalue weighted by Crippen LogP contribution is -2.11. The highest BCUT2D eigenvalue weighted by atomic mass is 19.2. The molecule has 0 aromatic heterocycles. The van der Waals surface area contributed by atoms with Crippen LogP contribution in [0.25, 0.3) is 0 Å². The number of carbonyl (C=O) groups excluding carboxylic acids is 1. The zero-order chi connectivity index (χ0) is 10.7. The highest BCUT2D eigenvalue weighted by Crippen LogP contribution is 2.14. The number of carbonyl (C=O) groups is 1. The van der Waals surface area contributed by atoms with Crippen LogP contribution >= 0.6 is 0 Å². The second kappa shape index (κ2) is 4.13. The van der Waals surface area contributed by atoms with Crippen molar-refractivity contribution in [3.8, 4) is 0 Å². The van der Waals surface area contributed by atoms with Gasteiger partial charge in [-0.1, -0.05) is 0 Å². The highest BCUT2D eigenvalue weighted by molar-refractivity contribution is 5.73. The second-order valence-electron chi connectivity index (χ2n) is 2.84. The van der Waals surface area contributed by atoms with E-state index in [-0.39, 0.29) is 18.4 Å². The summed E-state index contributed by atoms with van der Waals surface area (Å²) < 4.78 is 37.7. The zero-order valence-corrected chi connectivity index (χ0v) is 7.19. The Morgan fingerprint density at radius 2 is 1.71 bits per heavy atom. The number of primary amides is 1. The number of hydrogen-bond acceptors (Lipinski definition) is 1. The summed E-state index contributed by atoms with van der Waals surface area (Å²) in [5.41, 5.74) is 5.05. The first kappa shape index (κ1) is 10.6. The largest absolute Gasteiger partial charge is 0.370 e. The molecule has 0 fully saturated rings. The van der Waals surface area contributed by atoms with Gasteiger partial charge in [0, 0.05) is 6.42 Å². The number of hydrogen-bond donors (Lipinski definition) is 1. The van der Waals surface area contributed by atoms with Gasteiger partial charge >= 0.3 is 0 Å². The molecule has 2 N–H and O–H groups in total. The fourth-order valence-electron chi connectivity index (χ4n) is 1.02. The monoisotopic (exact) mass is 203 g/mol. The molecular weight excluding hydrogens is 195 g/mol. The van der Waals surface area contributed by atoms with Crippen molar-refractivity contribution < 1.29 is 18.0 Å². The van der Waals surface area contributed by atoms with Gasteiger partial charge in [-0.05, 0) is 24.1 Å². The van der Waals surface area contributed by atoms with Gasteiger partial charge in [0.05, 0.1) is 0 Å². The Hall–Kier alpha value is -1.52. The molecule has 5 heteroatoms. The molecule has 1 aromatic rings.